The third kappa shape index (κ3) is 4.37. The Kier molecular flexibility index (Phi) is 5.02. The van der Waals surface area contributed by atoms with Gasteiger partial charge in [0.15, 0.2) is 9.84 Å². The van der Waals surface area contributed by atoms with E-state index < -0.39 is 9.84 Å². The van der Waals surface area contributed by atoms with E-state index in [4.69, 9.17) is 0 Å². The van der Waals surface area contributed by atoms with Gasteiger partial charge in [0.1, 0.15) is 6.29 Å². The molecule has 5 heteroatoms. The molecular formula is C11H14O3S2. The lowest BCUT2D eigenvalue weighted by Crippen LogP contribution is -2.10. The fraction of sp³-hybridized carbons (Fsp3) is 0.364. The second-order valence-electron chi connectivity index (χ2n) is 3.28. The fourth-order valence-corrected chi connectivity index (χ4v) is 3.38. The summed E-state index contributed by atoms with van der Waals surface area (Å²) in [6, 6.07) is 7.15. The maximum Gasteiger partial charge on any atom is 0.150 e. The van der Waals surface area contributed by atoms with Gasteiger partial charge in [0.05, 0.1) is 5.75 Å². The molecule has 0 heterocycles. The summed E-state index contributed by atoms with van der Waals surface area (Å²) < 4.78 is 22.5. The highest BCUT2D eigenvalue weighted by atomic mass is 32.2. The molecule has 0 saturated carbocycles. The summed E-state index contributed by atoms with van der Waals surface area (Å²) in [5.74, 6) is 0.889. The maximum atomic E-state index is 11.2. The number of thioether (sulfide) groups is 1. The first kappa shape index (κ1) is 13.3. The lowest BCUT2D eigenvalue weighted by Gasteiger charge is -2.02. The predicted molar refractivity (Wildman–Crippen MR) is 66.9 cm³/mol. The minimum atomic E-state index is -2.90. The van der Waals surface area contributed by atoms with E-state index in [1.807, 2.05) is 6.07 Å². The first-order chi connectivity index (χ1) is 7.57. The van der Waals surface area contributed by atoms with Crippen LogP contribution in [0.25, 0.3) is 0 Å². The van der Waals surface area contributed by atoms with Crippen LogP contribution in [0.2, 0.25) is 0 Å². The van der Waals surface area contributed by atoms with Gasteiger partial charge in [-0.1, -0.05) is 19.1 Å². The molecule has 0 aliphatic heterocycles. The van der Waals surface area contributed by atoms with Crippen molar-refractivity contribution in [2.75, 3.05) is 17.3 Å². The van der Waals surface area contributed by atoms with Gasteiger partial charge in [-0.15, -0.1) is 11.8 Å². The number of hydrogen-bond acceptors (Lipinski definition) is 4. The van der Waals surface area contributed by atoms with Crippen LogP contribution in [0.3, 0.4) is 0 Å². The number of rotatable bonds is 6. The monoisotopic (exact) mass is 258 g/mol. The van der Waals surface area contributed by atoms with Crippen molar-refractivity contribution in [1.82, 2.24) is 0 Å². The summed E-state index contributed by atoms with van der Waals surface area (Å²) in [5.41, 5.74) is 0.614. The summed E-state index contributed by atoms with van der Waals surface area (Å²) in [4.78, 5) is 11.5. The molecule has 0 saturated heterocycles. The molecule has 0 fully saturated rings. The summed E-state index contributed by atoms with van der Waals surface area (Å²) in [6.07, 6.45) is 0.785. The molecule has 0 N–H and O–H groups in total. The maximum absolute atomic E-state index is 11.2. The molecule has 0 spiro atoms. The van der Waals surface area contributed by atoms with Crippen LogP contribution < -0.4 is 0 Å². The first-order valence-electron chi connectivity index (χ1n) is 4.96. The number of aldehydes is 1. The van der Waals surface area contributed by atoms with Crippen molar-refractivity contribution in [2.45, 2.75) is 11.8 Å². The Balaban J connectivity index is 2.52. The van der Waals surface area contributed by atoms with Gasteiger partial charge in [0.2, 0.25) is 0 Å². The number of sulfone groups is 1. The van der Waals surface area contributed by atoms with E-state index in [0.717, 1.165) is 11.2 Å². The largest absolute Gasteiger partial charge is 0.298 e. The molecule has 16 heavy (non-hydrogen) atoms. The van der Waals surface area contributed by atoms with Crippen molar-refractivity contribution in [1.29, 1.82) is 0 Å². The molecule has 0 bridgehead atoms. The lowest BCUT2D eigenvalue weighted by atomic mass is 10.2. The van der Waals surface area contributed by atoms with Crippen molar-refractivity contribution in [3.63, 3.8) is 0 Å². The number of benzene rings is 1. The van der Waals surface area contributed by atoms with E-state index >= 15 is 0 Å². The van der Waals surface area contributed by atoms with Crippen molar-refractivity contribution in [3.8, 4) is 0 Å². The van der Waals surface area contributed by atoms with Gasteiger partial charge in [-0.25, -0.2) is 8.42 Å². The van der Waals surface area contributed by atoms with Crippen molar-refractivity contribution in [2.24, 2.45) is 0 Å². The molecule has 1 rings (SSSR count). The zero-order chi connectivity index (χ0) is 12.0. The van der Waals surface area contributed by atoms with E-state index in [1.165, 1.54) is 11.8 Å². The Morgan fingerprint density at radius 2 is 2.12 bits per heavy atom. The van der Waals surface area contributed by atoms with E-state index in [9.17, 15) is 13.2 Å². The quantitative estimate of drug-likeness (QED) is 0.578. The van der Waals surface area contributed by atoms with Crippen LogP contribution in [-0.4, -0.2) is 32.0 Å². The Bertz CT molecular complexity index is 452. The van der Waals surface area contributed by atoms with Gasteiger partial charge >= 0.3 is 0 Å². The topological polar surface area (TPSA) is 51.2 Å². The molecule has 0 atom stereocenters. The van der Waals surface area contributed by atoms with Crippen molar-refractivity contribution in [3.05, 3.63) is 29.8 Å². The molecule has 0 unspecified atom stereocenters. The predicted octanol–water partition coefficient (Wildman–Crippen LogP) is 2.03. The highest BCUT2D eigenvalue weighted by Gasteiger charge is 2.07. The van der Waals surface area contributed by atoms with E-state index in [2.05, 4.69) is 0 Å². The smallest absolute Gasteiger partial charge is 0.150 e. The highest BCUT2D eigenvalue weighted by Crippen LogP contribution is 2.18. The second kappa shape index (κ2) is 6.06. The zero-order valence-corrected chi connectivity index (χ0v) is 10.7. The van der Waals surface area contributed by atoms with Crippen LogP contribution in [0.5, 0.6) is 0 Å². The molecule has 0 aliphatic carbocycles. The van der Waals surface area contributed by atoms with Crippen LogP contribution in [0, 0.1) is 0 Å². The van der Waals surface area contributed by atoms with E-state index in [0.29, 0.717) is 11.3 Å². The van der Waals surface area contributed by atoms with Gasteiger partial charge in [-0.2, -0.15) is 0 Å². The van der Waals surface area contributed by atoms with Gasteiger partial charge < -0.3 is 0 Å². The van der Waals surface area contributed by atoms with E-state index in [1.54, 1.807) is 25.1 Å². The van der Waals surface area contributed by atoms with Crippen molar-refractivity contribution >= 4 is 27.9 Å². The SMILES string of the molecule is CCS(=O)(=O)CCSc1cccc(C=O)c1. The Labute approximate surface area is 100 Å². The third-order valence-electron chi connectivity index (χ3n) is 2.10. The van der Waals surface area contributed by atoms with Crippen LogP contribution in [0.4, 0.5) is 0 Å². The fourth-order valence-electron chi connectivity index (χ4n) is 1.11. The minimum Gasteiger partial charge on any atom is -0.298 e. The van der Waals surface area contributed by atoms with Gasteiger partial charge in [-0.05, 0) is 12.1 Å². The van der Waals surface area contributed by atoms with Gasteiger partial charge in [0, 0.05) is 22.0 Å². The molecule has 0 aromatic heterocycles. The molecule has 1 aromatic rings. The zero-order valence-electron chi connectivity index (χ0n) is 9.05. The van der Waals surface area contributed by atoms with Gasteiger partial charge in [0.25, 0.3) is 0 Å². The highest BCUT2D eigenvalue weighted by molar-refractivity contribution is 8.00. The van der Waals surface area contributed by atoms with E-state index in [-0.39, 0.29) is 11.5 Å². The summed E-state index contributed by atoms with van der Waals surface area (Å²) in [7, 11) is -2.90. The number of hydrogen-bond donors (Lipinski definition) is 0. The van der Waals surface area contributed by atoms with Crippen LogP contribution in [0.15, 0.2) is 29.2 Å². The van der Waals surface area contributed by atoms with Crippen molar-refractivity contribution < 1.29 is 13.2 Å². The van der Waals surface area contributed by atoms with Crippen LogP contribution >= 0.6 is 11.8 Å². The molecule has 1 aromatic carbocycles. The molecule has 0 radical (unpaired) electrons. The average Bonchev–Trinajstić information content (AvgIpc) is 2.29. The third-order valence-corrected chi connectivity index (χ3v) is 5.06. The average molecular weight is 258 g/mol. The minimum absolute atomic E-state index is 0.180. The summed E-state index contributed by atoms with van der Waals surface area (Å²) >= 11 is 1.45. The number of carbonyl (C=O) groups is 1. The lowest BCUT2D eigenvalue weighted by molar-refractivity contribution is 0.112. The second-order valence-corrected chi connectivity index (χ2v) is 6.92. The van der Waals surface area contributed by atoms with Gasteiger partial charge in [-0.3, -0.25) is 4.79 Å². The molecule has 0 aliphatic rings. The summed E-state index contributed by atoms with van der Waals surface area (Å²) in [6.45, 7) is 1.65. The molecule has 3 nitrogen and oxygen atoms in total. The normalized spacial score (nSPS) is 11.3. The molecule has 88 valence electrons. The number of carbonyl (C=O) groups excluding carboxylic acids is 1. The molecule has 0 amide bonds. The Morgan fingerprint density at radius 1 is 1.38 bits per heavy atom. The Morgan fingerprint density at radius 3 is 2.75 bits per heavy atom. The van der Waals surface area contributed by atoms with Crippen LogP contribution in [0.1, 0.15) is 17.3 Å². The first-order valence-corrected chi connectivity index (χ1v) is 7.76. The van der Waals surface area contributed by atoms with Crippen LogP contribution in [-0.2, 0) is 9.84 Å². The standard InChI is InChI=1S/C11H14O3S2/c1-2-16(13,14)7-6-15-11-5-3-4-10(8-11)9-12/h3-5,8-9H,2,6-7H2,1H3. The molecular weight excluding hydrogens is 244 g/mol. The Hall–Kier alpha value is -0.810. The summed E-state index contributed by atoms with van der Waals surface area (Å²) in [5, 5.41) is 0.